The average molecular weight is 402 g/mol. The van der Waals surface area contributed by atoms with Crippen molar-refractivity contribution < 1.29 is 25.0 Å². The molecule has 0 radical (unpaired) electrons. The van der Waals surface area contributed by atoms with E-state index in [0.717, 1.165) is 0 Å². The molecule has 152 valence electrons. The molecule has 4 unspecified atom stereocenters. The molecular formula is C17H18N6O6. The van der Waals surface area contributed by atoms with E-state index in [4.69, 9.17) is 4.74 Å². The highest BCUT2D eigenvalue weighted by atomic mass is 16.6. The van der Waals surface area contributed by atoms with Gasteiger partial charge in [-0.05, 0) is 0 Å². The summed E-state index contributed by atoms with van der Waals surface area (Å²) in [6.45, 7) is -0.303. The largest absolute Gasteiger partial charge is 0.394 e. The highest BCUT2D eigenvalue weighted by molar-refractivity contribution is 5.82. The summed E-state index contributed by atoms with van der Waals surface area (Å²) in [6.07, 6.45) is -1.77. The third-order valence-electron chi connectivity index (χ3n) is 4.78. The van der Waals surface area contributed by atoms with E-state index in [2.05, 4.69) is 20.3 Å². The number of aliphatic hydroxyl groups excluding tert-OH is 3. The second kappa shape index (κ2) is 7.67. The SMILES string of the molecule is O=[N+]([O-])c1ccccc1CNc1ncnc2c1ncn2C1OC(CO)C(O)C1O. The van der Waals surface area contributed by atoms with E-state index in [9.17, 15) is 25.4 Å². The fourth-order valence-electron chi connectivity index (χ4n) is 3.29. The number of hydrogen-bond donors (Lipinski definition) is 4. The van der Waals surface area contributed by atoms with Crippen LogP contribution in [-0.4, -0.2) is 64.7 Å². The van der Waals surface area contributed by atoms with Crippen molar-refractivity contribution >= 4 is 22.7 Å². The Kier molecular flexibility index (Phi) is 5.07. The summed E-state index contributed by atoms with van der Waals surface area (Å²) < 4.78 is 6.96. The number of benzene rings is 1. The minimum absolute atomic E-state index is 0.0117. The number of nitrogens with one attached hydrogen (secondary N) is 1. The molecule has 1 saturated heterocycles. The molecule has 0 amide bonds. The Morgan fingerprint density at radius 3 is 2.72 bits per heavy atom. The first kappa shape index (κ1) is 19.1. The fourth-order valence-corrected chi connectivity index (χ4v) is 3.29. The molecule has 1 aromatic carbocycles. The van der Waals surface area contributed by atoms with E-state index in [1.54, 1.807) is 18.2 Å². The van der Waals surface area contributed by atoms with E-state index in [0.29, 0.717) is 22.5 Å². The molecule has 1 fully saturated rings. The number of hydrogen-bond acceptors (Lipinski definition) is 10. The lowest BCUT2D eigenvalue weighted by Gasteiger charge is -2.16. The van der Waals surface area contributed by atoms with Crippen LogP contribution in [0.3, 0.4) is 0 Å². The van der Waals surface area contributed by atoms with Crippen molar-refractivity contribution in [2.45, 2.75) is 31.1 Å². The van der Waals surface area contributed by atoms with Crippen LogP contribution in [0.4, 0.5) is 11.5 Å². The number of nitrogens with zero attached hydrogens (tertiary/aromatic N) is 5. The molecular weight excluding hydrogens is 384 g/mol. The van der Waals surface area contributed by atoms with Crippen molar-refractivity contribution in [2.24, 2.45) is 0 Å². The van der Waals surface area contributed by atoms with Crippen molar-refractivity contribution in [1.82, 2.24) is 19.5 Å². The van der Waals surface area contributed by atoms with E-state index < -0.39 is 36.1 Å². The van der Waals surface area contributed by atoms with Gasteiger partial charge in [-0.25, -0.2) is 15.0 Å². The quantitative estimate of drug-likeness (QED) is 0.324. The third kappa shape index (κ3) is 3.38. The number of rotatable bonds is 6. The molecule has 4 rings (SSSR count). The summed E-state index contributed by atoms with van der Waals surface area (Å²) >= 11 is 0. The highest BCUT2D eigenvalue weighted by Crippen LogP contribution is 2.32. The molecule has 0 saturated carbocycles. The minimum Gasteiger partial charge on any atom is -0.394 e. The summed E-state index contributed by atoms with van der Waals surface area (Å²) in [7, 11) is 0. The van der Waals surface area contributed by atoms with Crippen LogP contribution in [-0.2, 0) is 11.3 Å². The van der Waals surface area contributed by atoms with Gasteiger partial charge >= 0.3 is 0 Å². The lowest BCUT2D eigenvalue weighted by atomic mass is 10.1. The first-order chi connectivity index (χ1) is 14.0. The average Bonchev–Trinajstić information content (AvgIpc) is 3.28. The van der Waals surface area contributed by atoms with Gasteiger partial charge in [0.2, 0.25) is 0 Å². The van der Waals surface area contributed by atoms with Crippen LogP contribution < -0.4 is 5.32 Å². The van der Waals surface area contributed by atoms with E-state index in [-0.39, 0.29) is 12.2 Å². The number of nitro groups is 1. The van der Waals surface area contributed by atoms with Crippen molar-refractivity contribution in [3.63, 3.8) is 0 Å². The Hall–Kier alpha value is -3.19. The maximum absolute atomic E-state index is 11.2. The second-order valence-electron chi connectivity index (χ2n) is 6.51. The Balaban J connectivity index is 1.61. The van der Waals surface area contributed by atoms with Crippen LogP contribution in [0, 0.1) is 10.1 Å². The lowest BCUT2D eigenvalue weighted by molar-refractivity contribution is -0.385. The lowest BCUT2D eigenvalue weighted by Crippen LogP contribution is -2.33. The number of anilines is 1. The number of imidazole rings is 1. The smallest absolute Gasteiger partial charge is 0.274 e. The summed E-state index contributed by atoms with van der Waals surface area (Å²) in [5, 5.41) is 43.6. The van der Waals surface area contributed by atoms with Crippen LogP contribution in [0.2, 0.25) is 0 Å². The predicted octanol–water partition coefficient (Wildman–Crippen LogP) is -0.0419. The van der Waals surface area contributed by atoms with Gasteiger partial charge in [-0.3, -0.25) is 14.7 Å². The van der Waals surface area contributed by atoms with Crippen molar-refractivity contribution in [3.05, 3.63) is 52.6 Å². The first-order valence-corrected chi connectivity index (χ1v) is 8.77. The molecule has 4 N–H and O–H groups in total. The molecule has 0 spiro atoms. The van der Waals surface area contributed by atoms with Gasteiger partial charge in [0.15, 0.2) is 23.2 Å². The summed E-state index contributed by atoms with van der Waals surface area (Å²) in [6, 6.07) is 6.35. The van der Waals surface area contributed by atoms with Gasteiger partial charge in [0.25, 0.3) is 5.69 Å². The Morgan fingerprint density at radius 2 is 2.00 bits per heavy atom. The molecule has 2 aromatic heterocycles. The maximum Gasteiger partial charge on any atom is 0.274 e. The van der Waals surface area contributed by atoms with Gasteiger partial charge in [-0.2, -0.15) is 0 Å². The number of para-hydroxylation sites is 1. The number of aliphatic hydroxyl groups is 3. The second-order valence-corrected chi connectivity index (χ2v) is 6.51. The summed E-state index contributed by atoms with van der Waals surface area (Å²) in [5.74, 6) is 0.346. The zero-order valence-electron chi connectivity index (χ0n) is 15.0. The molecule has 3 heterocycles. The Morgan fingerprint density at radius 1 is 1.21 bits per heavy atom. The van der Waals surface area contributed by atoms with Crippen LogP contribution in [0.15, 0.2) is 36.9 Å². The standard InChI is InChI=1S/C17H18N6O6/c24-6-11-13(25)14(26)17(29-11)22-8-21-12-15(19-7-20-16(12)22)18-5-9-3-1-2-4-10(9)23(27)28/h1-4,7-8,11,13-14,17,24-26H,5-6H2,(H,18,19,20). The zero-order chi connectivity index (χ0) is 20.5. The maximum atomic E-state index is 11.2. The number of ether oxygens (including phenoxy) is 1. The van der Waals surface area contributed by atoms with Crippen LogP contribution >= 0.6 is 0 Å². The molecule has 4 atom stereocenters. The van der Waals surface area contributed by atoms with Crippen molar-refractivity contribution in [1.29, 1.82) is 0 Å². The predicted molar refractivity (Wildman–Crippen MR) is 98.8 cm³/mol. The van der Waals surface area contributed by atoms with E-state index >= 15 is 0 Å². The zero-order valence-corrected chi connectivity index (χ0v) is 15.0. The van der Waals surface area contributed by atoms with Gasteiger partial charge in [-0.15, -0.1) is 0 Å². The van der Waals surface area contributed by atoms with E-state index in [1.807, 2.05) is 0 Å². The normalized spacial score (nSPS) is 24.1. The first-order valence-electron chi connectivity index (χ1n) is 8.77. The molecule has 1 aliphatic rings. The monoisotopic (exact) mass is 402 g/mol. The van der Waals surface area contributed by atoms with Crippen LogP contribution in [0.25, 0.3) is 11.2 Å². The summed E-state index contributed by atoms with van der Waals surface area (Å²) in [4.78, 5) is 23.3. The Bertz CT molecular complexity index is 1040. The van der Waals surface area contributed by atoms with Gasteiger partial charge in [0, 0.05) is 18.2 Å². The number of aromatic nitrogens is 4. The molecule has 0 bridgehead atoms. The highest BCUT2D eigenvalue weighted by Gasteiger charge is 2.44. The van der Waals surface area contributed by atoms with Crippen molar-refractivity contribution in [2.75, 3.05) is 11.9 Å². The van der Waals surface area contributed by atoms with Gasteiger partial charge < -0.3 is 25.4 Å². The van der Waals surface area contributed by atoms with Crippen LogP contribution in [0.1, 0.15) is 11.8 Å². The molecule has 12 heteroatoms. The summed E-state index contributed by atoms with van der Waals surface area (Å²) in [5.41, 5.74) is 1.17. The third-order valence-corrected chi connectivity index (χ3v) is 4.78. The number of fused-ring (bicyclic) bond motifs is 1. The topological polar surface area (TPSA) is 169 Å². The van der Waals surface area contributed by atoms with Gasteiger partial charge in [-0.1, -0.05) is 18.2 Å². The molecule has 1 aliphatic heterocycles. The van der Waals surface area contributed by atoms with E-state index in [1.165, 1.54) is 23.3 Å². The molecule has 29 heavy (non-hydrogen) atoms. The molecule has 0 aliphatic carbocycles. The van der Waals surface area contributed by atoms with Gasteiger partial charge in [0.05, 0.1) is 17.9 Å². The number of nitro benzene ring substituents is 1. The molecule has 3 aromatic rings. The minimum atomic E-state index is -1.28. The van der Waals surface area contributed by atoms with Crippen molar-refractivity contribution in [3.8, 4) is 0 Å². The molecule has 12 nitrogen and oxygen atoms in total. The van der Waals surface area contributed by atoms with Gasteiger partial charge in [0.1, 0.15) is 24.6 Å². The Labute approximate surface area is 163 Å². The van der Waals surface area contributed by atoms with Crippen LogP contribution in [0.5, 0.6) is 0 Å². The fraction of sp³-hybridized carbons (Fsp3) is 0.353.